The van der Waals surface area contributed by atoms with Gasteiger partial charge in [0.1, 0.15) is 0 Å². The highest BCUT2D eigenvalue weighted by molar-refractivity contribution is 5.95. The first-order chi connectivity index (χ1) is 9.29. The molecule has 0 N–H and O–H groups in total. The molecular formula is C19H34O. The lowest BCUT2D eigenvalue weighted by Crippen LogP contribution is -2.01. The largest absolute Gasteiger partial charge is 0.295 e. The van der Waals surface area contributed by atoms with Crippen LogP contribution in [0.5, 0.6) is 0 Å². The summed E-state index contributed by atoms with van der Waals surface area (Å²) in [7, 11) is 0. The van der Waals surface area contributed by atoms with E-state index in [4.69, 9.17) is 0 Å². The number of carbonyl (C=O) groups is 1. The Balaban J connectivity index is 0. The Bertz CT molecular complexity index is 323. The first kappa shape index (κ1) is 21.2. The van der Waals surface area contributed by atoms with Crippen molar-refractivity contribution in [3.8, 4) is 0 Å². The van der Waals surface area contributed by atoms with Crippen molar-refractivity contribution in [3.05, 3.63) is 36.5 Å². The molecule has 2 atom stereocenters. The minimum atomic E-state index is 0.0151. The summed E-state index contributed by atoms with van der Waals surface area (Å²) < 4.78 is 0. The van der Waals surface area contributed by atoms with Gasteiger partial charge in [-0.05, 0) is 25.2 Å². The van der Waals surface area contributed by atoms with Gasteiger partial charge in [-0.15, -0.1) is 0 Å². The number of allylic oxidation sites excluding steroid dienone is 4. The third-order valence-electron chi connectivity index (χ3n) is 3.37. The van der Waals surface area contributed by atoms with E-state index in [9.17, 15) is 4.79 Å². The molecule has 1 nitrogen and oxygen atoms in total. The van der Waals surface area contributed by atoms with Gasteiger partial charge in [-0.25, -0.2) is 0 Å². The van der Waals surface area contributed by atoms with E-state index in [0.717, 1.165) is 17.9 Å². The summed E-state index contributed by atoms with van der Waals surface area (Å²) >= 11 is 0. The quantitative estimate of drug-likeness (QED) is 0.386. The molecule has 0 aliphatic heterocycles. The number of rotatable bonds is 8. The molecule has 0 aromatic carbocycles. The second kappa shape index (κ2) is 12.9. The third kappa shape index (κ3) is 12.0. The molecule has 0 radical (unpaired) electrons. The van der Waals surface area contributed by atoms with Gasteiger partial charge in [-0.3, -0.25) is 4.79 Å². The summed E-state index contributed by atoms with van der Waals surface area (Å²) in [5.41, 5.74) is 1.62. The zero-order valence-corrected chi connectivity index (χ0v) is 14.5. The standard InChI is InChI=1S/C16H26O.C3H8/c1-7-12(2)8-9-13(3)14(4)10-11-15(5)16(6)17;1-3-2/h10-13H,4-5,7-9H2,1-3,6H3;3H2,1-2H3/b11-10-;. The van der Waals surface area contributed by atoms with E-state index in [1.807, 2.05) is 6.08 Å². The second-order valence-electron chi connectivity index (χ2n) is 5.69. The van der Waals surface area contributed by atoms with Crippen molar-refractivity contribution in [2.45, 2.75) is 67.2 Å². The number of Topliss-reactive ketones (excluding diaryl/α,β-unsaturated/α-hetero) is 1. The fraction of sp³-hybridized carbons (Fsp3) is 0.632. The smallest absolute Gasteiger partial charge is 0.159 e. The highest BCUT2D eigenvalue weighted by Gasteiger charge is 2.07. The predicted octanol–water partition coefficient (Wildman–Crippen LogP) is 6.12. The lowest BCUT2D eigenvalue weighted by molar-refractivity contribution is -0.113. The van der Waals surface area contributed by atoms with Crippen LogP contribution in [0.1, 0.15) is 67.2 Å². The molecule has 0 aromatic rings. The van der Waals surface area contributed by atoms with E-state index in [0.29, 0.717) is 11.5 Å². The third-order valence-corrected chi connectivity index (χ3v) is 3.37. The summed E-state index contributed by atoms with van der Waals surface area (Å²) in [4.78, 5) is 11.0. The van der Waals surface area contributed by atoms with Gasteiger partial charge in [0.15, 0.2) is 5.78 Å². The average molecular weight is 278 g/mol. The monoisotopic (exact) mass is 278 g/mol. The van der Waals surface area contributed by atoms with E-state index < -0.39 is 0 Å². The highest BCUT2D eigenvalue weighted by Crippen LogP contribution is 2.20. The van der Waals surface area contributed by atoms with Crippen LogP contribution in [-0.2, 0) is 4.79 Å². The van der Waals surface area contributed by atoms with Gasteiger partial charge in [0, 0.05) is 5.57 Å². The number of hydrogen-bond donors (Lipinski definition) is 0. The topological polar surface area (TPSA) is 17.1 Å². The summed E-state index contributed by atoms with van der Waals surface area (Å²) in [6.07, 6.45) is 8.56. The number of carbonyl (C=O) groups excluding carboxylic acids is 1. The van der Waals surface area contributed by atoms with Crippen LogP contribution in [0.15, 0.2) is 36.5 Å². The van der Waals surface area contributed by atoms with E-state index in [1.165, 1.54) is 26.2 Å². The van der Waals surface area contributed by atoms with Crippen LogP contribution in [0.25, 0.3) is 0 Å². The summed E-state index contributed by atoms with van der Waals surface area (Å²) in [5, 5.41) is 0. The van der Waals surface area contributed by atoms with Crippen molar-refractivity contribution in [3.63, 3.8) is 0 Å². The van der Waals surface area contributed by atoms with Crippen LogP contribution in [0.2, 0.25) is 0 Å². The van der Waals surface area contributed by atoms with Crippen LogP contribution < -0.4 is 0 Å². The minimum absolute atomic E-state index is 0.0151. The van der Waals surface area contributed by atoms with Crippen LogP contribution in [0.4, 0.5) is 0 Å². The Kier molecular flexibility index (Phi) is 13.7. The molecule has 0 saturated carbocycles. The molecule has 0 aliphatic rings. The Morgan fingerprint density at radius 1 is 1.05 bits per heavy atom. The van der Waals surface area contributed by atoms with Gasteiger partial charge < -0.3 is 0 Å². The molecule has 20 heavy (non-hydrogen) atoms. The van der Waals surface area contributed by atoms with E-state index in [2.05, 4.69) is 47.8 Å². The maximum Gasteiger partial charge on any atom is 0.159 e. The maximum atomic E-state index is 11.0. The molecule has 116 valence electrons. The molecule has 0 spiro atoms. The fourth-order valence-electron chi connectivity index (χ4n) is 1.41. The van der Waals surface area contributed by atoms with Crippen molar-refractivity contribution in [1.29, 1.82) is 0 Å². The minimum Gasteiger partial charge on any atom is -0.295 e. The van der Waals surface area contributed by atoms with E-state index in [-0.39, 0.29) is 5.78 Å². The Morgan fingerprint density at radius 3 is 1.95 bits per heavy atom. The molecule has 0 aliphatic carbocycles. The van der Waals surface area contributed by atoms with E-state index >= 15 is 0 Å². The molecule has 0 saturated heterocycles. The molecule has 0 rings (SSSR count). The van der Waals surface area contributed by atoms with Gasteiger partial charge in [0.2, 0.25) is 0 Å². The molecule has 0 aromatic heterocycles. The molecule has 0 bridgehead atoms. The molecule has 0 fully saturated rings. The first-order valence-electron chi connectivity index (χ1n) is 7.86. The Morgan fingerprint density at radius 2 is 1.55 bits per heavy atom. The maximum absolute atomic E-state index is 11.0. The normalized spacial score (nSPS) is 13.3. The van der Waals surface area contributed by atoms with Crippen molar-refractivity contribution in [2.24, 2.45) is 11.8 Å². The molecular weight excluding hydrogens is 244 g/mol. The van der Waals surface area contributed by atoms with Crippen molar-refractivity contribution >= 4 is 5.78 Å². The van der Waals surface area contributed by atoms with Crippen molar-refractivity contribution < 1.29 is 4.79 Å². The lowest BCUT2D eigenvalue weighted by atomic mass is 9.91. The number of hydrogen-bond acceptors (Lipinski definition) is 1. The van der Waals surface area contributed by atoms with Crippen LogP contribution >= 0.6 is 0 Å². The molecule has 1 heteroatoms. The SMILES string of the molecule is C=C(/C=C\C(=C)C(C)CCC(C)CC)C(C)=O.CCC. The Hall–Kier alpha value is -1.11. The van der Waals surface area contributed by atoms with E-state index in [1.54, 1.807) is 6.08 Å². The molecule has 2 unspecified atom stereocenters. The van der Waals surface area contributed by atoms with Crippen LogP contribution in [-0.4, -0.2) is 5.78 Å². The highest BCUT2D eigenvalue weighted by atomic mass is 16.1. The van der Waals surface area contributed by atoms with Crippen molar-refractivity contribution in [1.82, 2.24) is 0 Å². The first-order valence-corrected chi connectivity index (χ1v) is 7.86. The van der Waals surface area contributed by atoms with Gasteiger partial charge >= 0.3 is 0 Å². The van der Waals surface area contributed by atoms with Gasteiger partial charge in [0.25, 0.3) is 0 Å². The predicted molar refractivity (Wildman–Crippen MR) is 91.9 cm³/mol. The lowest BCUT2D eigenvalue weighted by Gasteiger charge is -2.14. The fourth-order valence-corrected chi connectivity index (χ4v) is 1.41. The zero-order chi connectivity index (χ0) is 16.1. The van der Waals surface area contributed by atoms with Crippen molar-refractivity contribution in [2.75, 3.05) is 0 Å². The molecule has 0 heterocycles. The summed E-state index contributed by atoms with van der Waals surface area (Å²) in [5.74, 6) is 1.27. The average Bonchev–Trinajstić information content (AvgIpc) is 2.41. The van der Waals surface area contributed by atoms with Gasteiger partial charge in [-0.1, -0.05) is 84.8 Å². The van der Waals surface area contributed by atoms with Gasteiger partial charge in [0.05, 0.1) is 0 Å². The summed E-state index contributed by atoms with van der Waals surface area (Å²) in [6, 6.07) is 0. The van der Waals surface area contributed by atoms with Crippen LogP contribution in [0.3, 0.4) is 0 Å². The van der Waals surface area contributed by atoms with Crippen LogP contribution in [0, 0.1) is 11.8 Å². The number of ketones is 1. The zero-order valence-electron chi connectivity index (χ0n) is 14.5. The Labute approximate surface area is 126 Å². The summed E-state index contributed by atoms with van der Waals surface area (Å²) in [6.45, 7) is 20.2. The second-order valence-corrected chi connectivity index (χ2v) is 5.69. The van der Waals surface area contributed by atoms with Gasteiger partial charge in [-0.2, -0.15) is 0 Å². The molecule has 0 amide bonds.